The van der Waals surface area contributed by atoms with Crippen LogP contribution in [-0.2, 0) is 6.61 Å². The molecule has 23 heavy (non-hydrogen) atoms. The Bertz CT molecular complexity index is 828. The van der Waals surface area contributed by atoms with Gasteiger partial charge in [-0.2, -0.15) is 0 Å². The number of aliphatic hydroxyl groups is 1. The maximum absolute atomic E-state index is 12.9. The molecular formula is C17H13FN2O3. The molecule has 5 nitrogen and oxygen atoms in total. The third-order valence-electron chi connectivity index (χ3n) is 3.24. The fourth-order valence-corrected chi connectivity index (χ4v) is 2.07. The lowest BCUT2D eigenvalue weighted by atomic mass is 10.1. The molecule has 0 radical (unpaired) electrons. The van der Waals surface area contributed by atoms with E-state index in [1.807, 2.05) is 0 Å². The van der Waals surface area contributed by atoms with Crippen molar-refractivity contribution in [1.82, 2.24) is 5.16 Å². The van der Waals surface area contributed by atoms with Crippen LogP contribution < -0.4 is 5.32 Å². The molecular weight excluding hydrogens is 299 g/mol. The molecule has 0 aliphatic carbocycles. The van der Waals surface area contributed by atoms with E-state index in [2.05, 4.69) is 10.5 Å². The smallest absolute Gasteiger partial charge is 0.277 e. The normalized spacial score (nSPS) is 10.5. The lowest BCUT2D eigenvalue weighted by molar-refractivity contribution is 0.101. The molecule has 2 N–H and O–H groups in total. The summed E-state index contributed by atoms with van der Waals surface area (Å²) in [5, 5.41) is 15.5. The van der Waals surface area contributed by atoms with E-state index in [0.29, 0.717) is 22.6 Å². The minimum absolute atomic E-state index is 0.109. The predicted molar refractivity (Wildman–Crippen MR) is 82.2 cm³/mol. The van der Waals surface area contributed by atoms with E-state index in [0.717, 1.165) is 0 Å². The molecule has 0 atom stereocenters. The number of aliphatic hydroxyl groups excluding tert-OH is 1. The highest BCUT2D eigenvalue weighted by atomic mass is 19.1. The van der Waals surface area contributed by atoms with Gasteiger partial charge in [0.2, 0.25) is 0 Å². The van der Waals surface area contributed by atoms with Gasteiger partial charge in [0.15, 0.2) is 11.5 Å². The summed E-state index contributed by atoms with van der Waals surface area (Å²) in [4.78, 5) is 12.2. The Morgan fingerprint density at radius 3 is 2.70 bits per heavy atom. The zero-order chi connectivity index (χ0) is 16.2. The first-order valence-corrected chi connectivity index (χ1v) is 6.89. The second-order valence-electron chi connectivity index (χ2n) is 4.90. The summed E-state index contributed by atoms with van der Waals surface area (Å²) < 4.78 is 18.0. The van der Waals surface area contributed by atoms with Crippen molar-refractivity contribution in [1.29, 1.82) is 0 Å². The Morgan fingerprint density at radius 1 is 1.17 bits per heavy atom. The van der Waals surface area contributed by atoms with Gasteiger partial charge in [0.05, 0.1) is 6.61 Å². The number of hydrogen-bond donors (Lipinski definition) is 2. The molecule has 0 aliphatic rings. The number of benzene rings is 2. The molecule has 3 rings (SSSR count). The number of hydrogen-bond acceptors (Lipinski definition) is 4. The van der Waals surface area contributed by atoms with Crippen molar-refractivity contribution >= 4 is 11.6 Å². The van der Waals surface area contributed by atoms with Gasteiger partial charge >= 0.3 is 0 Å². The lowest BCUT2D eigenvalue weighted by Crippen LogP contribution is -2.12. The zero-order valence-corrected chi connectivity index (χ0v) is 12.0. The number of halogens is 1. The summed E-state index contributed by atoms with van der Waals surface area (Å²) in [7, 11) is 0. The highest BCUT2D eigenvalue weighted by Gasteiger charge is 2.14. The number of nitrogens with one attached hydrogen (secondary N) is 1. The van der Waals surface area contributed by atoms with Crippen LogP contribution >= 0.6 is 0 Å². The maximum atomic E-state index is 12.9. The van der Waals surface area contributed by atoms with Crippen LogP contribution in [0.5, 0.6) is 0 Å². The van der Waals surface area contributed by atoms with Crippen molar-refractivity contribution in [2.24, 2.45) is 0 Å². The van der Waals surface area contributed by atoms with Gasteiger partial charge in [-0.25, -0.2) is 4.39 Å². The second-order valence-corrected chi connectivity index (χ2v) is 4.90. The molecule has 0 unspecified atom stereocenters. The first-order valence-electron chi connectivity index (χ1n) is 6.89. The SMILES string of the molecule is O=C(Nc1cccc(CO)c1)c1cc(-c2ccc(F)cc2)on1. The summed E-state index contributed by atoms with van der Waals surface area (Å²) in [6, 6.07) is 14.0. The van der Waals surface area contributed by atoms with Gasteiger partial charge in [-0.1, -0.05) is 17.3 Å². The van der Waals surface area contributed by atoms with E-state index in [4.69, 9.17) is 9.63 Å². The molecule has 1 aromatic heterocycles. The molecule has 0 aliphatic heterocycles. The quantitative estimate of drug-likeness (QED) is 0.775. The standard InChI is InChI=1S/C17H13FN2O3/c18-13-6-4-12(5-7-13)16-9-15(20-23-16)17(22)19-14-3-1-2-11(8-14)10-21/h1-9,21H,10H2,(H,19,22). The Kier molecular flexibility index (Phi) is 4.16. The average Bonchev–Trinajstić information content (AvgIpc) is 3.06. The van der Waals surface area contributed by atoms with E-state index in [1.165, 1.54) is 18.2 Å². The highest BCUT2D eigenvalue weighted by molar-refractivity contribution is 6.03. The van der Waals surface area contributed by atoms with Crippen molar-refractivity contribution < 1.29 is 18.8 Å². The molecule has 1 heterocycles. The Balaban J connectivity index is 1.76. The van der Waals surface area contributed by atoms with Crippen LogP contribution in [-0.4, -0.2) is 16.2 Å². The van der Waals surface area contributed by atoms with Crippen LogP contribution in [0.3, 0.4) is 0 Å². The van der Waals surface area contributed by atoms with Gasteiger partial charge in [0.1, 0.15) is 5.82 Å². The minimum atomic E-state index is -0.433. The fraction of sp³-hybridized carbons (Fsp3) is 0.0588. The third kappa shape index (κ3) is 3.44. The Morgan fingerprint density at radius 2 is 1.96 bits per heavy atom. The van der Waals surface area contributed by atoms with Gasteiger partial charge < -0.3 is 14.9 Å². The summed E-state index contributed by atoms with van der Waals surface area (Å²) in [6.07, 6.45) is 0. The first kappa shape index (κ1) is 14.9. The number of aromatic nitrogens is 1. The average molecular weight is 312 g/mol. The van der Waals surface area contributed by atoms with Crippen LogP contribution in [0, 0.1) is 5.82 Å². The maximum Gasteiger partial charge on any atom is 0.277 e. The largest absolute Gasteiger partial charge is 0.392 e. The van der Waals surface area contributed by atoms with Crippen LogP contribution in [0.4, 0.5) is 10.1 Å². The summed E-state index contributed by atoms with van der Waals surface area (Å²) in [6.45, 7) is -0.109. The van der Waals surface area contributed by atoms with Gasteiger partial charge in [-0.3, -0.25) is 4.79 Å². The van der Waals surface area contributed by atoms with Gasteiger partial charge in [-0.05, 0) is 42.0 Å². The molecule has 0 bridgehead atoms. The van der Waals surface area contributed by atoms with E-state index in [1.54, 1.807) is 36.4 Å². The molecule has 116 valence electrons. The van der Waals surface area contributed by atoms with E-state index in [-0.39, 0.29) is 18.1 Å². The number of nitrogens with zero attached hydrogens (tertiary/aromatic N) is 1. The molecule has 1 amide bonds. The first-order chi connectivity index (χ1) is 11.2. The van der Waals surface area contributed by atoms with Crippen LogP contribution in [0.2, 0.25) is 0 Å². The summed E-state index contributed by atoms with van der Waals surface area (Å²) in [5.41, 5.74) is 1.97. The minimum Gasteiger partial charge on any atom is -0.392 e. The van der Waals surface area contributed by atoms with E-state index >= 15 is 0 Å². The van der Waals surface area contributed by atoms with E-state index in [9.17, 15) is 9.18 Å². The van der Waals surface area contributed by atoms with Crippen molar-refractivity contribution in [3.63, 3.8) is 0 Å². The lowest BCUT2D eigenvalue weighted by Gasteiger charge is -2.04. The third-order valence-corrected chi connectivity index (χ3v) is 3.24. The second kappa shape index (κ2) is 6.41. The number of rotatable bonds is 4. The molecule has 0 fully saturated rings. The summed E-state index contributed by atoms with van der Waals surface area (Å²) in [5.74, 6) is -0.411. The predicted octanol–water partition coefficient (Wildman–Crippen LogP) is 3.23. The number of amides is 1. The Labute approximate surface area is 131 Å². The molecule has 0 spiro atoms. The zero-order valence-electron chi connectivity index (χ0n) is 12.0. The number of carbonyl (C=O) groups is 1. The van der Waals surface area contributed by atoms with Crippen LogP contribution in [0.25, 0.3) is 11.3 Å². The van der Waals surface area contributed by atoms with Gasteiger partial charge in [0, 0.05) is 17.3 Å². The van der Waals surface area contributed by atoms with Crippen molar-refractivity contribution in [2.45, 2.75) is 6.61 Å². The molecule has 2 aromatic carbocycles. The molecule has 0 saturated carbocycles. The van der Waals surface area contributed by atoms with Crippen molar-refractivity contribution in [3.8, 4) is 11.3 Å². The summed E-state index contributed by atoms with van der Waals surface area (Å²) >= 11 is 0. The highest BCUT2D eigenvalue weighted by Crippen LogP contribution is 2.21. The molecule has 0 saturated heterocycles. The monoisotopic (exact) mass is 312 g/mol. The van der Waals surface area contributed by atoms with E-state index < -0.39 is 5.91 Å². The van der Waals surface area contributed by atoms with Crippen LogP contribution in [0.15, 0.2) is 59.1 Å². The fourth-order valence-electron chi connectivity index (χ4n) is 2.07. The topological polar surface area (TPSA) is 75.4 Å². The molecule has 3 aromatic rings. The number of carbonyl (C=O) groups excluding carboxylic acids is 1. The Hall–Kier alpha value is -2.99. The van der Waals surface area contributed by atoms with Gasteiger partial charge in [0.25, 0.3) is 5.91 Å². The molecule has 6 heteroatoms. The van der Waals surface area contributed by atoms with Gasteiger partial charge in [-0.15, -0.1) is 0 Å². The van der Waals surface area contributed by atoms with Crippen molar-refractivity contribution in [3.05, 3.63) is 71.7 Å². The van der Waals surface area contributed by atoms with Crippen molar-refractivity contribution in [2.75, 3.05) is 5.32 Å². The van der Waals surface area contributed by atoms with Crippen LogP contribution in [0.1, 0.15) is 16.1 Å². The number of anilines is 1.